The Bertz CT molecular complexity index is 852. The van der Waals surface area contributed by atoms with E-state index in [4.69, 9.17) is 10.9 Å². The summed E-state index contributed by atoms with van der Waals surface area (Å²) in [5.74, 6) is 4.91. The van der Waals surface area contributed by atoms with Crippen LogP contribution >= 0.6 is 0 Å². The van der Waals surface area contributed by atoms with Crippen molar-refractivity contribution in [2.24, 2.45) is 5.73 Å². The van der Waals surface area contributed by atoms with Gasteiger partial charge in [0.15, 0.2) is 0 Å². The summed E-state index contributed by atoms with van der Waals surface area (Å²) < 4.78 is 0. The molecule has 0 aliphatic rings. The number of amides is 2. The predicted octanol–water partition coefficient (Wildman–Crippen LogP) is 1.39. The Morgan fingerprint density at radius 2 is 1.59 bits per heavy atom. The lowest BCUT2D eigenvalue weighted by Crippen LogP contribution is -2.50. The maximum absolute atomic E-state index is 12.2. The van der Waals surface area contributed by atoms with Crippen LogP contribution in [-0.4, -0.2) is 36.2 Å². The molecule has 0 fully saturated rings. The molecule has 0 unspecified atom stereocenters. The lowest BCUT2D eigenvalue weighted by Gasteiger charge is -2.14. The monoisotopic (exact) mass is 396 g/mol. The molecule has 6 N–H and O–H groups in total. The summed E-state index contributed by atoms with van der Waals surface area (Å²) in [4.78, 5) is 23.5. The summed E-state index contributed by atoms with van der Waals surface area (Å²) in [7, 11) is 0. The van der Waals surface area contributed by atoms with E-state index in [1.54, 1.807) is 24.3 Å². The molecule has 7 heteroatoms. The number of benzene rings is 2. The number of hydrogen-bond donors (Lipinski definition) is 5. The molecule has 2 aromatic carbocycles. The number of hydroxylamine groups is 1. The van der Waals surface area contributed by atoms with Crippen LogP contribution in [0, 0.1) is 11.8 Å². The van der Waals surface area contributed by atoms with Crippen LogP contribution in [-0.2, 0) is 11.3 Å². The van der Waals surface area contributed by atoms with Crippen LogP contribution in [0.5, 0.6) is 0 Å². The van der Waals surface area contributed by atoms with E-state index in [0.717, 1.165) is 24.2 Å². The van der Waals surface area contributed by atoms with Crippen molar-refractivity contribution >= 4 is 11.8 Å². The lowest BCUT2D eigenvalue weighted by atomic mass is 10.1. The van der Waals surface area contributed by atoms with Gasteiger partial charge in [-0.05, 0) is 48.5 Å². The molecule has 154 valence electrons. The highest BCUT2D eigenvalue weighted by molar-refractivity contribution is 5.97. The third-order valence-corrected chi connectivity index (χ3v) is 4.00. The first kappa shape index (κ1) is 23.9. The van der Waals surface area contributed by atoms with Crippen LogP contribution in [0.2, 0.25) is 0 Å². The zero-order valence-electron chi connectivity index (χ0n) is 15.7. The standard InChI is InChI=1S/C21H24N4O3.CH4/c1-2-23-14-17-7-5-15(6-8-17)3-4-16-9-11-18(12-10-16)20(26)24-19(13-22)21(27)25-28;/h5-12,19,23,28H,2,13-14,22H2,1H3,(H,24,26)(H,25,27);1H4/t19-;/m0./s1. The van der Waals surface area contributed by atoms with Crippen molar-refractivity contribution in [2.75, 3.05) is 13.1 Å². The minimum Gasteiger partial charge on any atom is -0.339 e. The first-order valence-electron chi connectivity index (χ1n) is 8.94. The normalized spacial score (nSPS) is 10.7. The Hall–Kier alpha value is -3.18. The Morgan fingerprint density at radius 1 is 1.03 bits per heavy atom. The molecule has 29 heavy (non-hydrogen) atoms. The third-order valence-electron chi connectivity index (χ3n) is 4.00. The Labute approximate surface area is 171 Å². The Morgan fingerprint density at radius 3 is 2.07 bits per heavy atom. The zero-order chi connectivity index (χ0) is 20.4. The van der Waals surface area contributed by atoms with Crippen molar-refractivity contribution in [3.63, 3.8) is 0 Å². The van der Waals surface area contributed by atoms with E-state index < -0.39 is 17.9 Å². The van der Waals surface area contributed by atoms with Gasteiger partial charge in [-0.3, -0.25) is 14.8 Å². The molecule has 0 aromatic heterocycles. The maximum atomic E-state index is 12.2. The second kappa shape index (κ2) is 12.3. The SMILES string of the molecule is C.CCNCc1ccc(C#Cc2ccc(C(=O)N[C@@H](CN)C(=O)NO)cc2)cc1. The van der Waals surface area contributed by atoms with E-state index in [9.17, 15) is 9.59 Å². The first-order valence-corrected chi connectivity index (χ1v) is 8.94. The van der Waals surface area contributed by atoms with Crippen molar-refractivity contribution in [3.05, 3.63) is 70.8 Å². The molecule has 2 aromatic rings. The van der Waals surface area contributed by atoms with Crippen molar-refractivity contribution in [1.82, 2.24) is 16.1 Å². The van der Waals surface area contributed by atoms with Crippen LogP contribution in [0.3, 0.4) is 0 Å². The molecule has 0 aliphatic heterocycles. The van der Waals surface area contributed by atoms with Gasteiger partial charge in [0, 0.05) is 29.8 Å². The molecule has 7 nitrogen and oxygen atoms in total. The maximum Gasteiger partial charge on any atom is 0.267 e. The molecule has 2 amide bonds. The van der Waals surface area contributed by atoms with Gasteiger partial charge in [-0.2, -0.15) is 0 Å². The van der Waals surface area contributed by atoms with E-state index in [2.05, 4.69) is 29.4 Å². The zero-order valence-corrected chi connectivity index (χ0v) is 15.7. The average Bonchev–Trinajstić information content (AvgIpc) is 2.74. The molecule has 1 atom stereocenters. The number of carbonyl (C=O) groups excluding carboxylic acids is 2. The van der Waals surface area contributed by atoms with E-state index in [0.29, 0.717) is 5.56 Å². The van der Waals surface area contributed by atoms with Gasteiger partial charge in [-0.1, -0.05) is 38.3 Å². The third kappa shape index (κ3) is 7.39. The van der Waals surface area contributed by atoms with Gasteiger partial charge in [0.1, 0.15) is 6.04 Å². The fraction of sp³-hybridized carbons (Fsp3) is 0.273. The second-order valence-corrected chi connectivity index (χ2v) is 6.04. The van der Waals surface area contributed by atoms with Gasteiger partial charge in [0.2, 0.25) is 0 Å². The highest BCUT2D eigenvalue weighted by Gasteiger charge is 2.19. The number of nitrogens with one attached hydrogen (secondary N) is 3. The summed E-state index contributed by atoms with van der Waals surface area (Å²) in [5.41, 5.74) is 10.1. The molecular formula is C22H28N4O3. The smallest absolute Gasteiger partial charge is 0.267 e. The van der Waals surface area contributed by atoms with Crippen LogP contribution in [0.4, 0.5) is 0 Å². The van der Waals surface area contributed by atoms with E-state index in [-0.39, 0.29) is 14.0 Å². The predicted molar refractivity (Wildman–Crippen MR) is 113 cm³/mol. The summed E-state index contributed by atoms with van der Waals surface area (Å²) >= 11 is 0. The van der Waals surface area contributed by atoms with Crippen LogP contribution in [0.15, 0.2) is 48.5 Å². The molecule has 0 radical (unpaired) electrons. The van der Waals surface area contributed by atoms with E-state index in [1.165, 1.54) is 11.0 Å². The van der Waals surface area contributed by atoms with Gasteiger partial charge in [-0.25, -0.2) is 5.48 Å². The van der Waals surface area contributed by atoms with Crippen molar-refractivity contribution in [2.45, 2.75) is 26.9 Å². The molecule has 0 bridgehead atoms. The molecule has 0 aliphatic carbocycles. The minimum absolute atomic E-state index is 0. The summed E-state index contributed by atoms with van der Waals surface area (Å²) in [6.45, 7) is 3.70. The fourth-order valence-electron chi connectivity index (χ4n) is 2.38. The van der Waals surface area contributed by atoms with Crippen LogP contribution in [0.25, 0.3) is 0 Å². The van der Waals surface area contributed by atoms with Crippen molar-refractivity contribution in [1.29, 1.82) is 0 Å². The molecule has 2 rings (SSSR count). The van der Waals surface area contributed by atoms with Gasteiger partial charge >= 0.3 is 0 Å². The number of rotatable bonds is 7. The molecule has 0 saturated heterocycles. The van der Waals surface area contributed by atoms with Crippen LogP contribution < -0.4 is 21.8 Å². The fourth-order valence-corrected chi connectivity index (χ4v) is 2.38. The first-order chi connectivity index (χ1) is 13.6. The molecule has 0 heterocycles. The summed E-state index contributed by atoms with van der Waals surface area (Å²) in [5, 5.41) is 14.4. The van der Waals surface area contributed by atoms with Crippen molar-refractivity contribution in [3.8, 4) is 11.8 Å². The van der Waals surface area contributed by atoms with E-state index in [1.807, 2.05) is 24.3 Å². The summed E-state index contributed by atoms with van der Waals surface area (Å²) in [6, 6.07) is 13.7. The van der Waals surface area contributed by atoms with Gasteiger partial charge < -0.3 is 16.4 Å². The number of hydrogen-bond acceptors (Lipinski definition) is 5. The second-order valence-electron chi connectivity index (χ2n) is 6.04. The number of carbonyl (C=O) groups is 2. The highest BCUT2D eigenvalue weighted by atomic mass is 16.5. The minimum atomic E-state index is -1.01. The van der Waals surface area contributed by atoms with Gasteiger partial charge in [0.25, 0.3) is 11.8 Å². The van der Waals surface area contributed by atoms with Crippen molar-refractivity contribution < 1.29 is 14.8 Å². The largest absolute Gasteiger partial charge is 0.339 e. The quantitative estimate of drug-likeness (QED) is 0.276. The summed E-state index contributed by atoms with van der Waals surface area (Å²) in [6.07, 6.45) is 0. The Kier molecular flexibility index (Phi) is 10.1. The average molecular weight is 396 g/mol. The molecular weight excluding hydrogens is 368 g/mol. The topological polar surface area (TPSA) is 116 Å². The Balaban J connectivity index is 0.00000420. The van der Waals surface area contributed by atoms with E-state index >= 15 is 0 Å². The number of nitrogens with two attached hydrogens (primary N) is 1. The van der Waals surface area contributed by atoms with Crippen LogP contribution in [0.1, 0.15) is 41.4 Å². The van der Waals surface area contributed by atoms with Gasteiger partial charge in [-0.15, -0.1) is 0 Å². The highest BCUT2D eigenvalue weighted by Crippen LogP contribution is 2.06. The molecule has 0 saturated carbocycles. The van der Waals surface area contributed by atoms with Gasteiger partial charge in [0.05, 0.1) is 0 Å². The molecule has 0 spiro atoms. The lowest BCUT2D eigenvalue weighted by molar-refractivity contribution is -0.130.